The molecular formula is C37H58N6O8. The van der Waals surface area contributed by atoms with Crippen LogP contribution in [0.5, 0.6) is 0 Å². The van der Waals surface area contributed by atoms with Crippen LogP contribution in [0.15, 0.2) is 30.3 Å². The second-order valence-electron chi connectivity index (χ2n) is 16.7. The molecule has 1 fully saturated rings. The van der Waals surface area contributed by atoms with E-state index in [0.717, 1.165) is 0 Å². The third kappa shape index (κ3) is 13.0. The third-order valence-corrected chi connectivity index (χ3v) is 8.18. The molecule has 1 aromatic rings. The lowest BCUT2D eigenvalue weighted by atomic mass is 9.85. The highest BCUT2D eigenvalue weighted by atomic mass is 16.6. The Balaban J connectivity index is 2.22. The molecule has 4 atom stereocenters. The Labute approximate surface area is 302 Å². The number of nitrogens with one attached hydrogen (secondary N) is 4. The van der Waals surface area contributed by atoms with Crippen molar-refractivity contribution in [2.45, 2.75) is 112 Å². The van der Waals surface area contributed by atoms with Crippen molar-refractivity contribution >= 4 is 41.4 Å². The Morgan fingerprint density at radius 2 is 1.51 bits per heavy atom. The smallest absolute Gasteiger partial charge is 0.408 e. The maximum atomic E-state index is 14.1. The number of hydrogen-bond donors (Lipinski definition) is 4. The van der Waals surface area contributed by atoms with Gasteiger partial charge in [0.1, 0.15) is 23.7 Å². The van der Waals surface area contributed by atoms with Gasteiger partial charge in [-0.2, -0.15) is 0 Å². The molecule has 0 aliphatic carbocycles. The van der Waals surface area contributed by atoms with Crippen molar-refractivity contribution in [3.05, 3.63) is 35.9 Å². The average molecular weight is 715 g/mol. The Kier molecular flexibility index (Phi) is 14.3. The van der Waals surface area contributed by atoms with Crippen LogP contribution in [0.2, 0.25) is 0 Å². The summed E-state index contributed by atoms with van der Waals surface area (Å²) in [6.07, 6.45) is -0.374. The van der Waals surface area contributed by atoms with Crippen molar-refractivity contribution in [1.82, 2.24) is 31.1 Å². The highest BCUT2D eigenvalue weighted by Gasteiger charge is 2.48. The maximum absolute atomic E-state index is 14.1. The zero-order chi connectivity index (χ0) is 39.1. The first-order valence-electron chi connectivity index (χ1n) is 17.3. The fourth-order valence-electron chi connectivity index (χ4n) is 5.76. The van der Waals surface area contributed by atoms with Crippen LogP contribution < -0.4 is 21.3 Å². The van der Waals surface area contributed by atoms with Crippen LogP contribution in [-0.4, -0.2) is 102 Å². The lowest BCUT2D eigenvalue weighted by molar-refractivity contribution is -0.144. The van der Waals surface area contributed by atoms with Crippen LogP contribution in [0.25, 0.3) is 0 Å². The summed E-state index contributed by atoms with van der Waals surface area (Å²) in [6, 6.07) is 4.34. The molecule has 4 N–H and O–H groups in total. The number of rotatable bonds is 13. The summed E-state index contributed by atoms with van der Waals surface area (Å²) >= 11 is 0. The van der Waals surface area contributed by atoms with Crippen molar-refractivity contribution in [2.75, 3.05) is 27.2 Å². The van der Waals surface area contributed by atoms with Crippen molar-refractivity contribution in [2.24, 2.45) is 16.7 Å². The summed E-state index contributed by atoms with van der Waals surface area (Å²) in [6.45, 7) is 17.6. The van der Waals surface area contributed by atoms with Gasteiger partial charge in [0, 0.05) is 20.6 Å². The van der Waals surface area contributed by atoms with Crippen LogP contribution in [0, 0.1) is 16.7 Å². The van der Waals surface area contributed by atoms with Crippen molar-refractivity contribution < 1.29 is 38.3 Å². The number of carbonyl (C=O) groups is 7. The number of hydrogen-bond acceptors (Lipinski definition) is 8. The number of ether oxygens (including phenoxy) is 1. The number of benzene rings is 1. The van der Waals surface area contributed by atoms with Gasteiger partial charge in [0.25, 0.3) is 5.91 Å². The highest BCUT2D eigenvalue weighted by Crippen LogP contribution is 2.36. The van der Waals surface area contributed by atoms with E-state index in [1.54, 1.807) is 86.0 Å². The number of carbonyl (C=O) groups excluding carboxylic acids is 7. The SMILES string of the molecule is CC(C)CC(NC(=O)[C@@H]1CC(C)(C)CN1C(=O)[C@@H](NC(=O)OC(C)(C)C)C(C)(C)C)C(=O)C(=O)NCC(=O)N[C@H](C(=O)N(C)C)c1ccccc1. The minimum Gasteiger partial charge on any atom is -0.444 e. The normalized spacial score (nSPS) is 17.4. The van der Waals surface area contributed by atoms with E-state index < -0.39 is 82.6 Å². The molecule has 0 radical (unpaired) electrons. The van der Waals surface area contributed by atoms with Gasteiger partial charge in [-0.25, -0.2) is 4.79 Å². The average Bonchev–Trinajstić information content (AvgIpc) is 3.34. The van der Waals surface area contributed by atoms with Crippen molar-refractivity contribution in [3.8, 4) is 0 Å². The van der Waals surface area contributed by atoms with E-state index in [1.165, 1.54) is 9.80 Å². The van der Waals surface area contributed by atoms with Gasteiger partial charge in [0.2, 0.25) is 29.4 Å². The number of Topliss-reactive ketones (excluding diaryl/α,β-unsaturated/α-hetero) is 1. The molecule has 14 heteroatoms. The molecule has 14 nitrogen and oxygen atoms in total. The minimum atomic E-state index is -1.24. The summed E-state index contributed by atoms with van der Waals surface area (Å²) in [5.74, 6) is -4.31. The van der Waals surface area contributed by atoms with Gasteiger partial charge < -0.3 is 35.8 Å². The summed E-state index contributed by atoms with van der Waals surface area (Å²) in [7, 11) is 3.11. The zero-order valence-electron chi connectivity index (χ0n) is 32.3. The molecule has 284 valence electrons. The summed E-state index contributed by atoms with van der Waals surface area (Å²) in [4.78, 5) is 95.6. The molecule has 6 amide bonds. The molecule has 0 aromatic heterocycles. The lowest BCUT2D eigenvalue weighted by Crippen LogP contribution is -2.59. The van der Waals surface area contributed by atoms with Gasteiger partial charge in [-0.3, -0.25) is 28.8 Å². The van der Waals surface area contributed by atoms with Gasteiger partial charge >= 0.3 is 6.09 Å². The number of likely N-dealkylation sites (N-methyl/N-ethyl adjacent to an activating group) is 1. The Morgan fingerprint density at radius 3 is 2.02 bits per heavy atom. The third-order valence-electron chi connectivity index (χ3n) is 8.18. The van der Waals surface area contributed by atoms with Crippen molar-refractivity contribution in [1.29, 1.82) is 0 Å². The van der Waals surface area contributed by atoms with E-state index in [0.29, 0.717) is 5.56 Å². The molecule has 1 aliphatic rings. The van der Waals surface area contributed by atoms with Crippen molar-refractivity contribution in [3.63, 3.8) is 0 Å². The fourth-order valence-corrected chi connectivity index (χ4v) is 5.76. The molecule has 0 bridgehead atoms. The van der Waals surface area contributed by atoms with E-state index in [1.807, 2.05) is 27.7 Å². The van der Waals surface area contributed by atoms with Gasteiger partial charge in [0.05, 0.1) is 12.6 Å². The van der Waals surface area contributed by atoms with Crippen LogP contribution in [0.1, 0.15) is 93.7 Å². The maximum Gasteiger partial charge on any atom is 0.408 e. The first-order valence-corrected chi connectivity index (χ1v) is 17.3. The summed E-state index contributed by atoms with van der Waals surface area (Å²) in [5, 5.41) is 10.3. The molecule has 1 saturated heterocycles. The topological polar surface area (TPSA) is 183 Å². The minimum absolute atomic E-state index is 0.111. The molecule has 0 spiro atoms. The predicted octanol–water partition coefficient (Wildman–Crippen LogP) is 2.71. The predicted molar refractivity (Wildman–Crippen MR) is 192 cm³/mol. The van der Waals surface area contributed by atoms with E-state index in [-0.39, 0.29) is 31.2 Å². The summed E-state index contributed by atoms with van der Waals surface area (Å²) in [5.41, 5.74) is -1.47. The standard InChI is InChI=1S/C37H58N6O8/c1-22(2)18-24(28(45)31(47)38-20-26(44)40-27(32(48)42(11)12)23-16-14-13-15-17-23)39-30(46)25-19-37(9,10)21-43(25)33(49)29(35(3,4)5)41-34(50)51-36(6,7)8/h13-17,22,24-25,27,29H,18-21H2,1-12H3,(H,38,47)(H,39,46)(H,40,44)(H,41,50)/t24?,25-,27-,29+/m0/s1. The molecule has 1 aliphatic heterocycles. The van der Waals surface area contributed by atoms with E-state index in [2.05, 4.69) is 21.3 Å². The lowest BCUT2D eigenvalue weighted by Gasteiger charge is -2.36. The molecule has 1 aromatic carbocycles. The zero-order valence-corrected chi connectivity index (χ0v) is 32.3. The van der Waals surface area contributed by atoms with Gasteiger partial charge in [-0.05, 0) is 55.9 Å². The van der Waals surface area contributed by atoms with Crippen LogP contribution in [0.4, 0.5) is 4.79 Å². The quantitative estimate of drug-likeness (QED) is 0.225. The molecular weight excluding hydrogens is 656 g/mol. The Hall–Kier alpha value is -4.49. The second-order valence-corrected chi connectivity index (χ2v) is 16.7. The number of amides is 6. The van der Waals surface area contributed by atoms with Gasteiger partial charge in [0.15, 0.2) is 0 Å². The van der Waals surface area contributed by atoms with Crippen LogP contribution >= 0.6 is 0 Å². The van der Waals surface area contributed by atoms with E-state index in [9.17, 15) is 33.6 Å². The van der Waals surface area contributed by atoms with E-state index >= 15 is 0 Å². The number of ketones is 1. The molecule has 1 unspecified atom stereocenters. The number of nitrogens with zero attached hydrogens (tertiary/aromatic N) is 2. The fraction of sp³-hybridized carbons (Fsp3) is 0.649. The first-order chi connectivity index (χ1) is 23.3. The van der Waals surface area contributed by atoms with E-state index in [4.69, 9.17) is 4.74 Å². The molecule has 51 heavy (non-hydrogen) atoms. The number of alkyl carbamates (subject to hydrolysis) is 1. The monoisotopic (exact) mass is 714 g/mol. The number of likely N-dealkylation sites (tertiary alicyclic amines) is 1. The Bertz CT molecular complexity index is 1440. The molecule has 0 saturated carbocycles. The van der Waals surface area contributed by atoms with Gasteiger partial charge in [-0.1, -0.05) is 78.8 Å². The first kappa shape index (κ1) is 42.7. The second kappa shape index (κ2) is 17.1. The Morgan fingerprint density at radius 1 is 0.922 bits per heavy atom. The molecule has 2 rings (SSSR count). The summed E-state index contributed by atoms with van der Waals surface area (Å²) < 4.78 is 5.41. The largest absolute Gasteiger partial charge is 0.444 e. The van der Waals surface area contributed by atoms with Crippen LogP contribution in [-0.2, 0) is 33.5 Å². The highest BCUT2D eigenvalue weighted by molar-refractivity contribution is 6.38. The van der Waals surface area contributed by atoms with Gasteiger partial charge in [-0.15, -0.1) is 0 Å². The molecule has 1 heterocycles. The van der Waals surface area contributed by atoms with Crippen LogP contribution in [0.3, 0.4) is 0 Å².